The van der Waals surface area contributed by atoms with Gasteiger partial charge in [0, 0.05) is 19.1 Å². The van der Waals surface area contributed by atoms with Gasteiger partial charge in [0.15, 0.2) is 0 Å². The summed E-state index contributed by atoms with van der Waals surface area (Å²) in [6.45, 7) is 5.08. The molecule has 0 aromatic heterocycles. The van der Waals surface area contributed by atoms with Crippen LogP contribution in [-0.2, 0) is 4.79 Å². The van der Waals surface area contributed by atoms with Crippen molar-refractivity contribution in [3.05, 3.63) is 24.3 Å². The van der Waals surface area contributed by atoms with Crippen LogP contribution >= 0.6 is 0 Å². The van der Waals surface area contributed by atoms with E-state index in [1.165, 1.54) is 0 Å². The van der Waals surface area contributed by atoms with E-state index in [0.717, 1.165) is 17.8 Å². The largest absolute Gasteiger partial charge is 0.364 e. The van der Waals surface area contributed by atoms with E-state index in [1.54, 1.807) is 0 Å². The summed E-state index contributed by atoms with van der Waals surface area (Å²) in [6, 6.07) is 8.00. The number of nitrogens with two attached hydrogens (primary N) is 1. The maximum absolute atomic E-state index is 12.1. The second-order valence-electron chi connectivity index (χ2n) is 5.63. The van der Waals surface area contributed by atoms with Gasteiger partial charge in [0.05, 0.1) is 17.9 Å². The average Bonchev–Trinajstić information content (AvgIpc) is 2.27. The first-order valence-electron chi connectivity index (χ1n) is 6.28. The molecule has 1 heterocycles. The van der Waals surface area contributed by atoms with Crippen molar-refractivity contribution in [1.29, 1.82) is 0 Å². The molecule has 1 aliphatic heterocycles. The molecule has 0 aliphatic carbocycles. The first kappa shape index (κ1) is 12.9. The maximum Gasteiger partial charge on any atom is 0.246 e. The smallest absolute Gasteiger partial charge is 0.246 e. The monoisotopic (exact) mass is 247 g/mol. The van der Waals surface area contributed by atoms with E-state index in [4.69, 9.17) is 5.73 Å². The van der Waals surface area contributed by atoms with Gasteiger partial charge in [-0.25, -0.2) is 0 Å². The molecule has 0 radical (unpaired) electrons. The highest BCUT2D eigenvalue weighted by Crippen LogP contribution is 2.32. The SMILES string of the molecule is CN1CC(=O)N(CCC(C)(C)N)c2ccccc21. The molecule has 2 rings (SSSR count). The van der Waals surface area contributed by atoms with E-state index < -0.39 is 0 Å². The summed E-state index contributed by atoms with van der Waals surface area (Å²) in [4.78, 5) is 16.0. The van der Waals surface area contributed by atoms with Crippen molar-refractivity contribution >= 4 is 17.3 Å². The van der Waals surface area contributed by atoms with Crippen molar-refractivity contribution in [3.63, 3.8) is 0 Å². The van der Waals surface area contributed by atoms with Crippen molar-refractivity contribution in [2.45, 2.75) is 25.8 Å². The Bertz CT molecular complexity index is 451. The number of carbonyl (C=O) groups excluding carboxylic acids is 1. The van der Waals surface area contributed by atoms with Gasteiger partial charge >= 0.3 is 0 Å². The molecule has 1 amide bonds. The van der Waals surface area contributed by atoms with Crippen LogP contribution in [0, 0.1) is 0 Å². The van der Waals surface area contributed by atoms with E-state index in [9.17, 15) is 4.79 Å². The Morgan fingerprint density at radius 2 is 1.89 bits per heavy atom. The fourth-order valence-corrected chi connectivity index (χ4v) is 2.17. The predicted molar refractivity (Wildman–Crippen MR) is 74.9 cm³/mol. The summed E-state index contributed by atoms with van der Waals surface area (Å²) >= 11 is 0. The van der Waals surface area contributed by atoms with Gasteiger partial charge in [-0.1, -0.05) is 12.1 Å². The van der Waals surface area contributed by atoms with Crippen molar-refractivity contribution in [1.82, 2.24) is 0 Å². The molecule has 98 valence electrons. The zero-order valence-electron chi connectivity index (χ0n) is 11.3. The van der Waals surface area contributed by atoms with Crippen LogP contribution in [0.25, 0.3) is 0 Å². The minimum absolute atomic E-state index is 0.139. The lowest BCUT2D eigenvalue weighted by molar-refractivity contribution is -0.117. The molecule has 0 unspecified atom stereocenters. The molecule has 4 nitrogen and oxygen atoms in total. The molecule has 2 N–H and O–H groups in total. The van der Waals surface area contributed by atoms with Crippen LogP contribution < -0.4 is 15.5 Å². The number of hydrogen-bond acceptors (Lipinski definition) is 3. The van der Waals surface area contributed by atoms with Crippen molar-refractivity contribution < 1.29 is 4.79 Å². The first-order valence-corrected chi connectivity index (χ1v) is 6.28. The van der Waals surface area contributed by atoms with Crippen molar-refractivity contribution in [2.24, 2.45) is 5.73 Å². The molecule has 1 aromatic carbocycles. The highest BCUT2D eigenvalue weighted by molar-refractivity contribution is 6.03. The quantitative estimate of drug-likeness (QED) is 0.882. The number of benzene rings is 1. The third kappa shape index (κ3) is 2.64. The Morgan fingerprint density at radius 3 is 2.50 bits per heavy atom. The van der Waals surface area contributed by atoms with Crippen LogP contribution in [0.3, 0.4) is 0 Å². The molecule has 1 aliphatic rings. The zero-order chi connectivity index (χ0) is 13.3. The number of nitrogens with zero attached hydrogens (tertiary/aromatic N) is 2. The number of rotatable bonds is 3. The van der Waals surface area contributed by atoms with E-state index in [1.807, 2.05) is 55.0 Å². The molecule has 0 saturated carbocycles. The Labute approximate surface area is 108 Å². The lowest BCUT2D eigenvalue weighted by Gasteiger charge is -2.36. The maximum atomic E-state index is 12.1. The molecule has 0 bridgehead atoms. The van der Waals surface area contributed by atoms with Gasteiger partial charge in [-0.15, -0.1) is 0 Å². The highest BCUT2D eigenvalue weighted by Gasteiger charge is 2.27. The number of amides is 1. The molecule has 1 aromatic rings. The summed E-state index contributed by atoms with van der Waals surface area (Å²) in [5.74, 6) is 0.139. The van der Waals surface area contributed by atoms with Gasteiger partial charge in [-0.3, -0.25) is 4.79 Å². The van der Waals surface area contributed by atoms with E-state index in [0.29, 0.717) is 13.1 Å². The van der Waals surface area contributed by atoms with Crippen molar-refractivity contribution in [3.8, 4) is 0 Å². The summed E-state index contributed by atoms with van der Waals surface area (Å²) in [5, 5.41) is 0. The van der Waals surface area contributed by atoms with Crippen LogP contribution in [0.5, 0.6) is 0 Å². The van der Waals surface area contributed by atoms with Gasteiger partial charge in [-0.05, 0) is 32.4 Å². The number of likely N-dealkylation sites (N-methyl/N-ethyl adjacent to an activating group) is 1. The minimum Gasteiger partial charge on any atom is -0.364 e. The topological polar surface area (TPSA) is 49.6 Å². The van der Waals surface area contributed by atoms with Gasteiger partial charge in [0.2, 0.25) is 5.91 Å². The van der Waals surface area contributed by atoms with Gasteiger partial charge < -0.3 is 15.5 Å². The highest BCUT2D eigenvalue weighted by atomic mass is 16.2. The normalized spacial score (nSPS) is 15.9. The summed E-state index contributed by atoms with van der Waals surface area (Å²) in [7, 11) is 1.95. The number of anilines is 2. The van der Waals surface area contributed by atoms with Crippen LogP contribution in [0.1, 0.15) is 20.3 Å². The number of carbonyl (C=O) groups is 1. The molecule has 0 atom stereocenters. The second kappa shape index (κ2) is 4.61. The third-order valence-electron chi connectivity index (χ3n) is 3.24. The Hall–Kier alpha value is -1.55. The minimum atomic E-state index is -0.251. The number of hydrogen-bond donors (Lipinski definition) is 1. The molecule has 0 fully saturated rings. The van der Waals surface area contributed by atoms with Gasteiger partial charge in [-0.2, -0.15) is 0 Å². The van der Waals surface area contributed by atoms with Crippen LogP contribution in [0.4, 0.5) is 11.4 Å². The van der Waals surface area contributed by atoms with Crippen molar-refractivity contribution in [2.75, 3.05) is 29.9 Å². The third-order valence-corrected chi connectivity index (χ3v) is 3.24. The fourth-order valence-electron chi connectivity index (χ4n) is 2.17. The lowest BCUT2D eigenvalue weighted by atomic mass is 10.0. The van der Waals surface area contributed by atoms with Crippen LogP contribution in [0.15, 0.2) is 24.3 Å². The van der Waals surface area contributed by atoms with Gasteiger partial charge in [0.1, 0.15) is 0 Å². The zero-order valence-corrected chi connectivity index (χ0v) is 11.3. The molecule has 18 heavy (non-hydrogen) atoms. The van der Waals surface area contributed by atoms with Gasteiger partial charge in [0.25, 0.3) is 0 Å². The summed E-state index contributed by atoms with van der Waals surface area (Å²) in [6.07, 6.45) is 0.788. The van der Waals surface area contributed by atoms with Crippen LogP contribution in [0.2, 0.25) is 0 Å². The summed E-state index contributed by atoms with van der Waals surface area (Å²) in [5.41, 5.74) is 7.84. The predicted octanol–water partition coefficient (Wildman–Crippen LogP) is 1.60. The number of fused-ring (bicyclic) bond motifs is 1. The fraction of sp³-hybridized carbons (Fsp3) is 0.500. The molecule has 4 heteroatoms. The Morgan fingerprint density at radius 1 is 1.28 bits per heavy atom. The second-order valence-corrected chi connectivity index (χ2v) is 5.63. The molecule has 0 saturated heterocycles. The van der Waals surface area contributed by atoms with Crippen LogP contribution in [-0.4, -0.2) is 31.6 Å². The molecular weight excluding hydrogens is 226 g/mol. The first-order chi connectivity index (χ1) is 8.38. The van der Waals surface area contributed by atoms with E-state index in [-0.39, 0.29) is 11.4 Å². The molecule has 0 spiro atoms. The van der Waals surface area contributed by atoms with E-state index in [2.05, 4.69) is 0 Å². The Kier molecular flexibility index (Phi) is 3.30. The standard InChI is InChI=1S/C14H21N3O/c1-14(2,15)8-9-17-12-7-5-4-6-11(12)16(3)10-13(17)18/h4-7H,8-10,15H2,1-3H3. The van der Waals surface area contributed by atoms with E-state index >= 15 is 0 Å². The number of para-hydroxylation sites is 2. The summed E-state index contributed by atoms with van der Waals surface area (Å²) < 4.78 is 0. The molecular formula is C14H21N3O. The Balaban J connectivity index is 2.25. The lowest BCUT2D eigenvalue weighted by Crippen LogP contribution is -2.47. The average molecular weight is 247 g/mol.